The average molecular weight is 483 g/mol. The van der Waals surface area contributed by atoms with Crippen molar-refractivity contribution in [2.45, 2.75) is 25.2 Å². The maximum Gasteiger partial charge on any atom is 0.316 e. The molecule has 0 radical (unpaired) electrons. The van der Waals surface area contributed by atoms with Crippen LogP contribution in [0, 0.1) is 5.92 Å². The summed E-state index contributed by atoms with van der Waals surface area (Å²) < 4.78 is 34.8. The number of ether oxygens (including phenoxy) is 1. The van der Waals surface area contributed by atoms with E-state index >= 15 is 0 Å². The van der Waals surface area contributed by atoms with Crippen molar-refractivity contribution < 1.29 is 13.2 Å². The number of aromatic nitrogens is 2. The van der Waals surface area contributed by atoms with E-state index in [4.69, 9.17) is 4.74 Å². The van der Waals surface area contributed by atoms with E-state index in [9.17, 15) is 13.2 Å². The Labute approximate surface area is 200 Å². The standard InChI is InChI=1S/C25H30N4O4S/c1-20(2)13-18-33-24-23(19-26-29(25(24)30)21-9-5-3-6-10-21)27-14-16-28(17-15-27)34(31,32)22-11-7-4-8-12-22/h3-12,19-20H,13-18H2,1-2H3. The van der Waals surface area contributed by atoms with Gasteiger partial charge in [-0.3, -0.25) is 4.79 Å². The first-order valence-electron chi connectivity index (χ1n) is 11.5. The van der Waals surface area contributed by atoms with Crippen molar-refractivity contribution in [2.75, 3.05) is 37.7 Å². The molecule has 1 aliphatic rings. The largest absolute Gasteiger partial charge is 0.486 e. The van der Waals surface area contributed by atoms with E-state index in [0.717, 1.165) is 6.42 Å². The highest BCUT2D eigenvalue weighted by molar-refractivity contribution is 7.89. The Morgan fingerprint density at radius 3 is 2.18 bits per heavy atom. The maximum atomic E-state index is 13.4. The third kappa shape index (κ3) is 5.15. The van der Waals surface area contributed by atoms with Crippen LogP contribution in [-0.4, -0.2) is 55.3 Å². The predicted octanol–water partition coefficient (Wildman–Crippen LogP) is 3.17. The SMILES string of the molecule is CC(C)CCOc1c(N2CCN(S(=O)(=O)c3ccccc3)CC2)cnn(-c2ccccc2)c1=O. The van der Waals surface area contributed by atoms with E-state index in [1.165, 1.54) is 8.99 Å². The number of nitrogens with zero attached hydrogens (tertiary/aromatic N) is 4. The van der Waals surface area contributed by atoms with Gasteiger partial charge in [0.15, 0.2) is 0 Å². The van der Waals surface area contributed by atoms with Crippen LogP contribution < -0.4 is 15.2 Å². The summed E-state index contributed by atoms with van der Waals surface area (Å²) in [5, 5.41) is 4.39. The lowest BCUT2D eigenvalue weighted by Gasteiger charge is -2.35. The monoisotopic (exact) mass is 482 g/mol. The van der Waals surface area contributed by atoms with Crippen LogP contribution in [0.25, 0.3) is 5.69 Å². The van der Waals surface area contributed by atoms with Crippen molar-refractivity contribution in [3.8, 4) is 11.4 Å². The highest BCUT2D eigenvalue weighted by Gasteiger charge is 2.30. The van der Waals surface area contributed by atoms with Crippen molar-refractivity contribution in [1.82, 2.24) is 14.1 Å². The van der Waals surface area contributed by atoms with Gasteiger partial charge in [0.2, 0.25) is 15.8 Å². The number of hydrogen-bond donors (Lipinski definition) is 0. The lowest BCUT2D eigenvalue weighted by atomic mass is 10.1. The van der Waals surface area contributed by atoms with E-state index in [1.807, 2.05) is 35.2 Å². The third-order valence-corrected chi connectivity index (χ3v) is 7.73. The molecule has 4 rings (SSSR count). The number of rotatable bonds is 8. The zero-order valence-electron chi connectivity index (χ0n) is 19.5. The minimum atomic E-state index is -3.56. The smallest absolute Gasteiger partial charge is 0.316 e. The van der Waals surface area contributed by atoms with E-state index in [-0.39, 0.29) is 16.2 Å². The highest BCUT2D eigenvalue weighted by Crippen LogP contribution is 2.27. The Hall–Kier alpha value is -3.17. The van der Waals surface area contributed by atoms with Crippen LogP contribution in [0.1, 0.15) is 20.3 Å². The first-order chi connectivity index (χ1) is 16.4. The molecule has 0 unspecified atom stereocenters. The quantitative estimate of drug-likeness (QED) is 0.490. The summed E-state index contributed by atoms with van der Waals surface area (Å²) in [5.41, 5.74) is 0.927. The van der Waals surface area contributed by atoms with E-state index in [0.29, 0.717) is 50.1 Å². The summed E-state index contributed by atoms with van der Waals surface area (Å²) in [7, 11) is -3.56. The predicted molar refractivity (Wildman–Crippen MR) is 132 cm³/mol. The minimum absolute atomic E-state index is 0.249. The molecule has 1 aromatic heterocycles. The maximum absolute atomic E-state index is 13.4. The summed E-state index contributed by atoms with van der Waals surface area (Å²) in [6.07, 6.45) is 2.45. The highest BCUT2D eigenvalue weighted by atomic mass is 32.2. The molecule has 1 fully saturated rings. The molecule has 1 aliphatic heterocycles. The Kier molecular flexibility index (Phi) is 7.33. The Bertz CT molecular complexity index is 1250. The topological polar surface area (TPSA) is 84.7 Å². The van der Waals surface area contributed by atoms with Crippen LogP contribution in [0.15, 0.2) is 76.6 Å². The normalized spacial score (nSPS) is 15.0. The van der Waals surface area contributed by atoms with E-state index in [2.05, 4.69) is 18.9 Å². The Balaban J connectivity index is 1.59. The van der Waals surface area contributed by atoms with E-state index in [1.54, 1.807) is 36.5 Å². The zero-order chi connectivity index (χ0) is 24.1. The van der Waals surface area contributed by atoms with Gasteiger partial charge in [0.25, 0.3) is 0 Å². The molecule has 0 atom stereocenters. The zero-order valence-corrected chi connectivity index (χ0v) is 20.3. The molecule has 0 spiro atoms. The van der Waals surface area contributed by atoms with Crippen molar-refractivity contribution in [3.05, 3.63) is 77.2 Å². The Morgan fingerprint density at radius 2 is 1.56 bits per heavy atom. The van der Waals surface area contributed by atoms with Crippen molar-refractivity contribution in [1.29, 1.82) is 0 Å². The first kappa shape index (κ1) is 24.0. The van der Waals surface area contributed by atoms with Gasteiger partial charge in [-0.05, 0) is 36.6 Å². The number of sulfonamides is 1. The van der Waals surface area contributed by atoms with Crippen LogP contribution in [0.5, 0.6) is 5.75 Å². The molecule has 34 heavy (non-hydrogen) atoms. The second kappa shape index (κ2) is 10.4. The number of benzene rings is 2. The van der Waals surface area contributed by atoms with Gasteiger partial charge in [-0.25, -0.2) is 8.42 Å². The van der Waals surface area contributed by atoms with Crippen LogP contribution in [0.3, 0.4) is 0 Å². The van der Waals surface area contributed by atoms with Crippen LogP contribution >= 0.6 is 0 Å². The van der Waals surface area contributed by atoms with Crippen molar-refractivity contribution in [2.24, 2.45) is 5.92 Å². The molecule has 8 nitrogen and oxygen atoms in total. The van der Waals surface area contributed by atoms with Gasteiger partial charge >= 0.3 is 5.56 Å². The second-order valence-electron chi connectivity index (χ2n) is 8.65. The van der Waals surface area contributed by atoms with Gasteiger partial charge in [0.1, 0.15) is 5.69 Å². The summed E-state index contributed by atoms with van der Waals surface area (Å²) >= 11 is 0. The molecule has 1 saturated heterocycles. The number of hydrogen-bond acceptors (Lipinski definition) is 6. The minimum Gasteiger partial charge on any atom is -0.486 e. The molecule has 2 aromatic carbocycles. The molecule has 0 bridgehead atoms. The number of para-hydroxylation sites is 1. The molecule has 180 valence electrons. The molecule has 2 heterocycles. The van der Waals surface area contributed by atoms with Gasteiger partial charge in [-0.15, -0.1) is 0 Å². The fraction of sp³-hybridized carbons (Fsp3) is 0.360. The summed E-state index contributed by atoms with van der Waals surface area (Å²) in [6, 6.07) is 17.7. The molecule has 0 saturated carbocycles. The van der Waals surface area contributed by atoms with Gasteiger partial charge in [-0.1, -0.05) is 50.2 Å². The molecule has 0 N–H and O–H groups in total. The summed E-state index contributed by atoms with van der Waals surface area (Å²) in [6.45, 7) is 6.11. The first-order valence-corrected chi connectivity index (χ1v) is 12.9. The van der Waals surface area contributed by atoms with Crippen molar-refractivity contribution in [3.63, 3.8) is 0 Å². The fourth-order valence-electron chi connectivity index (χ4n) is 3.85. The van der Waals surface area contributed by atoms with Gasteiger partial charge in [0.05, 0.1) is 23.4 Å². The second-order valence-corrected chi connectivity index (χ2v) is 10.6. The average Bonchev–Trinajstić information content (AvgIpc) is 2.86. The third-order valence-electron chi connectivity index (χ3n) is 5.82. The number of piperazine rings is 1. The van der Waals surface area contributed by atoms with Crippen LogP contribution in [0.4, 0.5) is 5.69 Å². The van der Waals surface area contributed by atoms with Gasteiger partial charge in [-0.2, -0.15) is 14.1 Å². The molecule has 3 aromatic rings. The molecular weight excluding hydrogens is 452 g/mol. The lowest BCUT2D eigenvalue weighted by molar-refractivity contribution is 0.283. The lowest BCUT2D eigenvalue weighted by Crippen LogP contribution is -2.49. The Morgan fingerprint density at radius 1 is 0.941 bits per heavy atom. The molecule has 9 heteroatoms. The molecular formula is C25H30N4O4S. The summed E-state index contributed by atoms with van der Waals surface area (Å²) in [5.74, 6) is 0.687. The van der Waals surface area contributed by atoms with Gasteiger partial charge in [0, 0.05) is 26.2 Å². The molecule has 0 aliphatic carbocycles. The fourth-order valence-corrected chi connectivity index (χ4v) is 5.29. The van der Waals surface area contributed by atoms with Crippen LogP contribution in [-0.2, 0) is 10.0 Å². The molecule has 0 amide bonds. The van der Waals surface area contributed by atoms with Crippen molar-refractivity contribution >= 4 is 15.7 Å². The number of anilines is 1. The summed E-state index contributed by atoms with van der Waals surface area (Å²) in [4.78, 5) is 15.6. The van der Waals surface area contributed by atoms with E-state index < -0.39 is 10.0 Å². The van der Waals surface area contributed by atoms with Gasteiger partial charge < -0.3 is 9.64 Å². The van der Waals surface area contributed by atoms with Crippen LogP contribution in [0.2, 0.25) is 0 Å².